The first-order chi connectivity index (χ1) is 10.2. The van der Waals surface area contributed by atoms with Crippen molar-refractivity contribution < 1.29 is 19.4 Å². The molecule has 0 bridgehead atoms. The topological polar surface area (TPSA) is 55.8 Å². The van der Waals surface area contributed by atoms with Crippen molar-refractivity contribution in [1.29, 1.82) is 0 Å². The van der Waals surface area contributed by atoms with Crippen molar-refractivity contribution in [1.82, 2.24) is 0 Å². The van der Waals surface area contributed by atoms with Crippen LogP contribution in [0.3, 0.4) is 0 Å². The second-order valence-corrected chi connectivity index (χ2v) is 4.33. The van der Waals surface area contributed by atoms with E-state index in [9.17, 15) is 9.90 Å². The molecule has 0 amide bonds. The van der Waals surface area contributed by atoms with E-state index in [0.717, 1.165) is 11.3 Å². The standard InChI is InChI=1S/C17H16O4/c1-20-13-9-6-12(7-10-13)8-11-15(19)17-14(18)4-3-5-16(17)21-2/h3-11,18H,1-2H3/b11-8+. The van der Waals surface area contributed by atoms with Crippen LogP contribution < -0.4 is 9.47 Å². The van der Waals surface area contributed by atoms with E-state index < -0.39 is 0 Å². The number of hydrogen-bond acceptors (Lipinski definition) is 4. The first-order valence-electron chi connectivity index (χ1n) is 6.38. The molecule has 0 atom stereocenters. The molecule has 2 aromatic rings. The summed E-state index contributed by atoms with van der Waals surface area (Å²) in [5.41, 5.74) is 1.02. The third-order valence-electron chi connectivity index (χ3n) is 3.01. The van der Waals surface area contributed by atoms with Crippen LogP contribution in [0.4, 0.5) is 0 Å². The van der Waals surface area contributed by atoms with Gasteiger partial charge in [0.05, 0.1) is 14.2 Å². The van der Waals surface area contributed by atoms with Gasteiger partial charge in [0.15, 0.2) is 5.78 Å². The fourth-order valence-electron chi connectivity index (χ4n) is 1.91. The molecular formula is C17H16O4. The molecule has 4 heteroatoms. The molecule has 0 unspecified atom stereocenters. The van der Waals surface area contributed by atoms with Crippen LogP contribution >= 0.6 is 0 Å². The maximum absolute atomic E-state index is 12.2. The Hall–Kier alpha value is -2.75. The van der Waals surface area contributed by atoms with E-state index in [-0.39, 0.29) is 17.1 Å². The lowest BCUT2D eigenvalue weighted by atomic mass is 10.1. The Kier molecular flexibility index (Phi) is 4.61. The summed E-state index contributed by atoms with van der Waals surface area (Å²) >= 11 is 0. The minimum absolute atomic E-state index is 0.0984. The number of carbonyl (C=O) groups is 1. The van der Waals surface area contributed by atoms with Crippen LogP contribution in [0.2, 0.25) is 0 Å². The molecule has 0 fully saturated rings. The van der Waals surface area contributed by atoms with E-state index >= 15 is 0 Å². The Morgan fingerprint density at radius 2 is 1.76 bits per heavy atom. The van der Waals surface area contributed by atoms with Gasteiger partial charge in [-0.3, -0.25) is 4.79 Å². The van der Waals surface area contributed by atoms with E-state index in [1.54, 1.807) is 25.3 Å². The summed E-state index contributed by atoms with van der Waals surface area (Å²) in [5, 5.41) is 9.81. The van der Waals surface area contributed by atoms with Gasteiger partial charge in [-0.1, -0.05) is 24.3 Å². The van der Waals surface area contributed by atoms with Gasteiger partial charge in [-0.05, 0) is 35.9 Å². The molecule has 0 aliphatic heterocycles. The Labute approximate surface area is 123 Å². The second kappa shape index (κ2) is 6.61. The number of ketones is 1. The van der Waals surface area contributed by atoms with Crippen molar-refractivity contribution in [2.45, 2.75) is 0 Å². The zero-order chi connectivity index (χ0) is 15.2. The molecule has 0 saturated carbocycles. The quantitative estimate of drug-likeness (QED) is 0.676. The highest BCUT2D eigenvalue weighted by atomic mass is 16.5. The van der Waals surface area contributed by atoms with Gasteiger partial charge in [-0.2, -0.15) is 0 Å². The summed E-state index contributed by atoms with van der Waals surface area (Å²) in [6.07, 6.45) is 3.08. The number of phenols is 1. The van der Waals surface area contributed by atoms with Gasteiger partial charge in [0.25, 0.3) is 0 Å². The van der Waals surface area contributed by atoms with Gasteiger partial charge in [0, 0.05) is 0 Å². The summed E-state index contributed by atoms with van der Waals surface area (Å²) in [6, 6.07) is 12.0. The fraction of sp³-hybridized carbons (Fsp3) is 0.118. The van der Waals surface area contributed by atoms with Gasteiger partial charge < -0.3 is 14.6 Å². The van der Waals surface area contributed by atoms with E-state index in [2.05, 4.69) is 0 Å². The minimum Gasteiger partial charge on any atom is -0.507 e. The monoisotopic (exact) mass is 284 g/mol. The number of hydrogen-bond donors (Lipinski definition) is 1. The Morgan fingerprint density at radius 1 is 1.05 bits per heavy atom. The zero-order valence-electron chi connectivity index (χ0n) is 11.9. The first kappa shape index (κ1) is 14.7. The lowest BCUT2D eigenvalue weighted by molar-refractivity contribution is 0.104. The van der Waals surface area contributed by atoms with Crippen molar-refractivity contribution in [2.24, 2.45) is 0 Å². The van der Waals surface area contributed by atoms with Crippen LogP contribution in [-0.2, 0) is 0 Å². The van der Waals surface area contributed by atoms with E-state index in [0.29, 0.717) is 5.75 Å². The Morgan fingerprint density at radius 3 is 2.38 bits per heavy atom. The van der Waals surface area contributed by atoms with Crippen molar-refractivity contribution in [2.75, 3.05) is 14.2 Å². The third-order valence-corrected chi connectivity index (χ3v) is 3.01. The van der Waals surface area contributed by atoms with Crippen molar-refractivity contribution >= 4 is 11.9 Å². The fourth-order valence-corrected chi connectivity index (χ4v) is 1.91. The number of allylic oxidation sites excluding steroid dienone is 1. The molecule has 0 saturated heterocycles. The summed E-state index contributed by atoms with van der Waals surface area (Å²) in [4.78, 5) is 12.2. The third kappa shape index (κ3) is 3.42. The number of phenolic OH excluding ortho intramolecular Hbond substituents is 1. The van der Waals surface area contributed by atoms with Crippen LogP contribution in [-0.4, -0.2) is 25.1 Å². The first-order valence-corrected chi connectivity index (χ1v) is 6.38. The number of methoxy groups -OCH3 is 2. The van der Waals surface area contributed by atoms with Crippen LogP contribution in [0.15, 0.2) is 48.5 Å². The minimum atomic E-state index is -0.319. The molecule has 0 heterocycles. The highest BCUT2D eigenvalue weighted by molar-refractivity contribution is 6.10. The van der Waals surface area contributed by atoms with Crippen molar-refractivity contribution in [3.8, 4) is 17.2 Å². The summed E-state index contributed by atoms with van der Waals surface area (Å²) in [6.45, 7) is 0. The second-order valence-electron chi connectivity index (χ2n) is 4.33. The van der Waals surface area contributed by atoms with Crippen LogP contribution in [0.1, 0.15) is 15.9 Å². The van der Waals surface area contributed by atoms with Gasteiger partial charge >= 0.3 is 0 Å². The molecule has 4 nitrogen and oxygen atoms in total. The predicted molar refractivity (Wildman–Crippen MR) is 81.0 cm³/mol. The largest absolute Gasteiger partial charge is 0.507 e. The predicted octanol–water partition coefficient (Wildman–Crippen LogP) is 3.31. The van der Waals surface area contributed by atoms with Gasteiger partial charge in [0.2, 0.25) is 0 Å². The van der Waals surface area contributed by atoms with Crippen LogP contribution in [0.25, 0.3) is 6.08 Å². The number of aromatic hydroxyl groups is 1. The summed E-state index contributed by atoms with van der Waals surface area (Å²) < 4.78 is 10.2. The highest BCUT2D eigenvalue weighted by Crippen LogP contribution is 2.28. The number of benzene rings is 2. The van der Waals surface area contributed by atoms with E-state index in [1.807, 2.05) is 24.3 Å². The van der Waals surface area contributed by atoms with Gasteiger partial charge in [-0.25, -0.2) is 0 Å². The number of rotatable bonds is 5. The van der Waals surface area contributed by atoms with E-state index in [4.69, 9.17) is 9.47 Å². The van der Waals surface area contributed by atoms with Gasteiger partial charge in [0.1, 0.15) is 22.8 Å². The average Bonchev–Trinajstić information content (AvgIpc) is 2.52. The van der Waals surface area contributed by atoms with Crippen LogP contribution in [0, 0.1) is 0 Å². The molecule has 1 N–H and O–H groups in total. The maximum atomic E-state index is 12.2. The zero-order valence-corrected chi connectivity index (χ0v) is 11.9. The lowest BCUT2D eigenvalue weighted by Gasteiger charge is -2.07. The molecule has 108 valence electrons. The molecule has 0 aliphatic rings. The molecule has 0 radical (unpaired) electrons. The average molecular weight is 284 g/mol. The molecular weight excluding hydrogens is 268 g/mol. The molecule has 0 aliphatic carbocycles. The normalized spacial score (nSPS) is 10.6. The molecule has 0 aromatic heterocycles. The number of ether oxygens (including phenoxy) is 2. The van der Waals surface area contributed by atoms with Crippen molar-refractivity contribution in [3.05, 3.63) is 59.7 Å². The molecule has 2 aromatic carbocycles. The van der Waals surface area contributed by atoms with Crippen molar-refractivity contribution in [3.63, 3.8) is 0 Å². The SMILES string of the molecule is COc1ccc(/C=C/C(=O)c2c(O)cccc2OC)cc1. The lowest BCUT2D eigenvalue weighted by Crippen LogP contribution is -1.99. The summed E-state index contributed by atoms with van der Waals surface area (Å²) in [5.74, 6) is 0.680. The molecule has 0 spiro atoms. The smallest absolute Gasteiger partial charge is 0.193 e. The Bertz CT molecular complexity index is 657. The summed E-state index contributed by atoms with van der Waals surface area (Å²) in [7, 11) is 3.05. The maximum Gasteiger partial charge on any atom is 0.193 e. The molecule has 21 heavy (non-hydrogen) atoms. The van der Waals surface area contributed by atoms with Gasteiger partial charge in [-0.15, -0.1) is 0 Å². The Balaban J connectivity index is 2.23. The highest BCUT2D eigenvalue weighted by Gasteiger charge is 2.14. The van der Waals surface area contributed by atoms with E-state index in [1.165, 1.54) is 19.3 Å². The molecule has 2 rings (SSSR count). The number of carbonyl (C=O) groups excluding carboxylic acids is 1. The van der Waals surface area contributed by atoms with Crippen LogP contribution in [0.5, 0.6) is 17.2 Å².